The van der Waals surface area contributed by atoms with Crippen LogP contribution < -0.4 is 4.74 Å². The second-order valence-electron chi connectivity index (χ2n) is 16.2. The Morgan fingerprint density at radius 3 is 1.28 bits per heavy atom. The molecule has 280 valence electrons. The number of rotatable bonds is 6. The Morgan fingerprint density at radius 2 is 0.925 bits per heavy atom. The number of Topliss-reactive ketones (excluding diaryl/α,β-unsaturated/α-hetero) is 6. The molecule has 2 aliphatic heterocycles. The van der Waals surface area contributed by atoms with Crippen molar-refractivity contribution in [1.82, 2.24) is 9.80 Å². The highest BCUT2D eigenvalue weighted by atomic mass is 16.6. The number of hydrogen-bond donors (Lipinski definition) is 0. The molecule has 0 N–H and O–H groups in total. The predicted octanol–water partition coefficient (Wildman–Crippen LogP) is 5.90. The van der Waals surface area contributed by atoms with Gasteiger partial charge in [0.2, 0.25) is 0 Å². The first-order chi connectivity index (χ1) is 24.8. The molecule has 2 aromatic rings. The van der Waals surface area contributed by atoms with Gasteiger partial charge < -0.3 is 24.0 Å². The number of fused-ring (bicyclic) bond motifs is 2. The van der Waals surface area contributed by atoms with Gasteiger partial charge in [0.15, 0.2) is 34.7 Å². The lowest BCUT2D eigenvalue weighted by Crippen LogP contribution is -2.46. The van der Waals surface area contributed by atoms with E-state index < -0.39 is 81.8 Å². The lowest BCUT2D eigenvalue weighted by molar-refractivity contribution is -0.126. The van der Waals surface area contributed by atoms with E-state index in [1.165, 1.54) is 46.2 Å². The monoisotopic (exact) mass is 728 g/mol. The zero-order chi connectivity index (χ0) is 38.6. The van der Waals surface area contributed by atoms with Crippen molar-refractivity contribution >= 4 is 46.9 Å². The summed E-state index contributed by atoms with van der Waals surface area (Å²) in [5.41, 5.74) is -1.21. The molecule has 4 atom stereocenters. The smallest absolute Gasteiger partial charge is 0.410 e. The number of carbonyl (C=O) groups excluding carboxylic acids is 8. The van der Waals surface area contributed by atoms with Crippen molar-refractivity contribution in [2.24, 2.45) is 23.7 Å². The van der Waals surface area contributed by atoms with Crippen LogP contribution in [0.25, 0.3) is 0 Å². The van der Waals surface area contributed by atoms with Gasteiger partial charge in [0.05, 0.1) is 0 Å². The van der Waals surface area contributed by atoms with Crippen molar-refractivity contribution in [3.63, 3.8) is 0 Å². The summed E-state index contributed by atoms with van der Waals surface area (Å²) in [5.74, 6) is -7.76. The SMILES string of the molecule is CC(C)(C)OC(=O)N1CCCC(C(=O)C2C(=O)c3ccc(Oc4ccc5c(c4)C(=O)C(C(=O)C4CCCN(C(=O)OC(C)(C)C)C4)C5=O)cc3C2=O)C1. The fraction of sp³-hybridized carbons (Fsp3) is 0.500. The average Bonchev–Trinajstić information content (AvgIpc) is 3.49. The number of amides is 2. The third-order valence-corrected chi connectivity index (χ3v) is 9.85. The molecule has 13 nitrogen and oxygen atoms in total. The number of piperidine rings is 2. The lowest BCUT2D eigenvalue weighted by Gasteiger charge is -2.34. The number of benzene rings is 2. The van der Waals surface area contributed by atoms with Crippen molar-refractivity contribution < 1.29 is 52.6 Å². The van der Waals surface area contributed by atoms with E-state index in [0.29, 0.717) is 38.8 Å². The Balaban J connectivity index is 1.13. The van der Waals surface area contributed by atoms with Crippen molar-refractivity contribution in [1.29, 1.82) is 0 Å². The highest BCUT2D eigenvalue weighted by molar-refractivity contribution is 6.36. The molecule has 2 heterocycles. The van der Waals surface area contributed by atoms with Gasteiger partial charge in [-0.05, 0) is 104 Å². The Hall–Kier alpha value is -5.20. The van der Waals surface area contributed by atoms with Crippen LogP contribution in [-0.4, -0.2) is 94.1 Å². The molecule has 6 rings (SSSR count). The number of likely N-dealkylation sites (tertiary alicyclic amines) is 2. The van der Waals surface area contributed by atoms with E-state index in [0.717, 1.165) is 0 Å². The maximum atomic E-state index is 13.6. The third-order valence-electron chi connectivity index (χ3n) is 9.85. The van der Waals surface area contributed by atoms with E-state index in [2.05, 4.69) is 0 Å². The predicted molar refractivity (Wildman–Crippen MR) is 188 cm³/mol. The van der Waals surface area contributed by atoms with Crippen molar-refractivity contribution in [2.75, 3.05) is 26.2 Å². The van der Waals surface area contributed by atoms with Crippen LogP contribution >= 0.6 is 0 Å². The normalized spacial score (nSPS) is 23.1. The van der Waals surface area contributed by atoms with Crippen LogP contribution in [0.3, 0.4) is 0 Å². The number of hydrogen-bond acceptors (Lipinski definition) is 11. The van der Waals surface area contributed by atoms with E-state index in [9.17, 15) is 38.4 Å². The van der Waals surface area contributed by atoms with E-state index in [-0.39, 0.29) is 46.8 Å². The van der Waals surface area contributed by atoms with Crippen LogP contribution in [-0.2, 0) is 19.1 Å². The fourth-order valence-corrected chi connectivity index (χ4v) is 7.40. The second-order valence-corrected chi connectivity index (χ2v) is 16.2. The molecule has 0 spiro atoms. The summed E-state index contributed by atoms with van der Waals surface area (Å²) in [5, 5.41) is 0. The van der Waals surface area contributed by atoms with Crippen LogP contribution in [0.2, 0.25) is 0 Å². The average molecular weight is 729 g/mol. The molecule has 2 saturated heterocycles. The molecule has 2 aliphatic carbocycles. The first kappa shape index (κ1) is 37.6. The van der Waals surface area contributed by atoms with Gasteiger partial charge in [0.1, 0.15) is 34.5 Å². The van der Waals surface area contributed by atoms with Gasteiger partial charge in [-0.3, -0.25) is 28.8 Å². The van der Waals surface area contributed by atoms with Crippen molar-refractivity contribution in [2.45, 2.75) is 78.4 Å². The molecule has 0 bridgehead atoms. The summed E-state index contributed by atoms with van der Waals surface area (Å²) in [6.07, 6.45) is 0.785. The standard InChI is InChI=1S/C40H44N2O11/c1-39(2,3)52-37(49)41-15-7-9-21(19-41)31(43)29-33(45)25-13-11-23(17-27(25)35(29)47)51-24-12-14-26-28(18-24)36(48)30(34(26)46)32(44)22-10-8-16-42(20-22)38(50)53-40(4,5)6/h11-14,17-18,21-22,29-30H,7-10,15-16,19-20H2,1-6H3. The van der Waals surface area contributed by atoms with E-state index in [1.54, 1.807) is 41.5 Å². The summed E-state index contributed by atoms with van der Waals surface area (Å²) in [6, 6.07) is 8.48. The summed E-state index contributed by atoms with van der Waals surface area (Å²) in [4.78, 5) is 109. The maximum Gasteiger partial charge on any atom is 0.410 e. The largest absolute Gasteiger partial charge is 0.457 e. The zero-order valence-corrected chi connectivity index (χ0v) is 30.8. The number of carbonyl (C=O) groups is 8. The number of nitrogens with zero attached hydrogens (tertiary/aromatic N) is 2. The molecule has 4 aliphatic rings. The Bertz CT molecular complexity index is 1800. The lowest BCUT2D eigenvalue weighted by atomic mass is 9.84. The summed E-state index contributed by atoms with van der Waals surface area (Å²) >= 11 is 0. The molecule has 0 aromatic heterocycles. The second kappa shape index (κ2) is 14.0. The molecule has 0 radical (unpaired) electrons. The Labute approximate surface area is 307 Å². The van der Waals surface area contributed by atoms with Gasteiger partial charge in [-0.1, -0.05) is 0 Å². The van der Waals surface area contributed by atoms with Gasteiger partial charge in [0.25, 0.3) is 0 Å². The molecular weight excluding hydrogens is 684 g/mol. The van der Waals surface area contributed by atoms with Gasteiger partial charge in [0, 0.05) is 60.3 Å². The molecule has 0 saturated carbocycles. The van der Waals surface area contributed by atoms with Gasteiger partial charge in [-0.2, -0.15) is 0 Å². The minimum Gasteiger partial charge on any atom is -0.457 e. The van der Waals surface area contributed by atoms with Crippen LogP contribution in [0.4, 0.5) is 9.59 Å². The molecule has 2 amide bonds. The summed E-state index contributed by atoms with van der Waals surface area (Å²) < 4.78 is 16.9. The Kier molecular flexibility index (Phi) is 9.91. The first-order valence-electron chi connectivity index (χ1n) is 18.0. The van der Waals surface area contributed by atoms with E-state index >= 15 is 0 Å². The highest BCUT2D eigenvalue weighted by Gasteiger charge is 2.48. The summed E-state index contributed by atoms with van der Waals surface area (Å²) in [6.45, 7) is 11.4. The molecule has 4 unspecified atom stereocenters. The van der Waals surface area contributed by atoms with Crippen molar-refractivity contribution in [3.8, 4) is 11.5 Å². The Morgan fingerprint density at radius 1 is 0.566 bits per heavy atom. The zero-order valence-electron chi connectivity index (χ0n) is 30.8. The van der Waals surface area contributed by atoms with E-state index in [4.69, 9.17) is 14.2 Å². The van der Waals surface area contributed by atoms with Gasteiger partial charge in [-0.15, -0.1) is 0 Å². The maximum absolute atomic E-state index is 13.6. The number of ketones is 6. The van der Waals surface area contributed by atoms with E-state index in [1.807, 2.05) is 0 Å². The topological polar surface area (TPSA) is 171 Å². The molecular formula is C40H44N2O11. The highest BCUT2D eigenvalue weighted by Crippen LogP contribution is 2.37. The summed E-state index contributed by atoms with van der Waals surface area (Å²) in [7, 11) is 0. The van der Waals surface area contributed by atoms with Crippen LogP contribution in [0, 0.1) is 23.7 Å². The molecule has 2 fully saturated rings. The van der Waals surface area contributed by atoms with Crippen molar-refractivity contribution in [3.05, 3.63) is 58.7 Å². The molecule has 53 heavy (non-hydrogen) atoms. The van der Waals surface area contributed by atoms with Crippen LogP contribution in [0.15, 0.2) is 36.4 Å². The minimum atomic E-state index is -1.53. The number of ether oxygens (including phenoxy) is 3. The minimum absolute atomic E-state index is 0.0247. The first-order valence-corrected chi connectivity index (χ1v) is 18.0. The van der Waals surface area contributed by atoms with Crippen LogP contribution in [0.1, 0.15) is 109 Å². The van der Waals surface area contributed by atoms with Crippen LogP contribution in [0.5, 0.6) is 11.5 Å². The quantitative estimate of drug-likeness (QED) is 0.324. The molecule has 2 aromatic carbocycles. The molecule has 13 heteroatoms. The fourth-order valence-electron chi connectivity index (χ4n) is 7.40. The van der Waals surface area contributed by atoms with Gasteiger partial charge in [-0.25, -0.2) is 9.59 Å². The third kappa shape index (κ3) is 7.65. The van der Waals surface area contributed by atoms with Gasteiger partial charge >= 0.3 is 12.2 Å².